The van der Waals surface area contributed by atoms with E-state index < -0.39 is 0 Å². The number of anilines is 1. The molecule has 0 N–H and O–H groups in total. The van der Waals surface area contributed by atoms with E-state index in [2.05, 4.69) is 4.98 Å². The lowest BCUT2D eigenvalue weighted by Crippen LogP contribution is -2.29. The third kappa shape index (κ3) is 1.26. The molecule has 0 saturated carbocycles. The minimum Gasteiger partial charge on any atom is -0.269 e. The van der Waals surface area contributed by atoms with Crippen LogP contribution in [0.25, 0.3) is 0 Å². The molecule has 14 heavy (non-hydrogen) atoms. The Bertz CT molecular complexity index is 410. The summed E-state index contributed by atoms with van der Waals surface area (Å²) >= 11 is 1.35. The Kier molecular flexibility index (Phi) is 1.96. The maximum absolute atomic E-state index is 11.3. The molecule has 1 aliphatic rings. The van der Waals surface area contributed by atoms with E-state index in [-0.39, 0.29) is 11.8 Å². The fraction of sp³-hybridized carbons (Fsp3) is 0.222. The molecule has 0 fully saturated rings. The second kappa shape index (κ2) is 3.02. The van der Waals surface area contributed by atoms with Crippen LogP contribution in [0.5, 0.6) is 0 Å². The van der Waals surface area contributed by atoms with Crippen molar-refractivity contribution in [2.24, 2.45) is 0 Å². The van der Waals surface area contributed by atoms with Gasteiger partial charge in [0.2, 0.25) is 0 Å². The van der Waals surface area contributed by atoms with Gasteiger partial charge in [-0.15, -0.1) is 11.3 Å². The van der Waals surface area contributed by atoms with Crippen molar-refractivity contribution in [1.29, 1.82) is 0 Å². The minimum atomic E-state index is -0.316. The van der Waals surface area contributed by atoms with Crippen molar-refractivity contribution in [1.82, 2.24) is 4.98 Å². The number of imide groups is 1. The number of rotatable bonds is 1. The summed E-state index contributed by atoms with van der Waals surface area (Å²) in [5.74, 6) is -0.632. The monoisotopic (exact) mass is 208 g/mol. The Hall–Kier alpha value is -1.49. The summed E-state index contributed by atoms with van der Waals surface area (Å²) in [6.45, 7) is 3.77. The number of carbonyl (C=O) groups excluding carboxylic acids is 2. The van der Waals surface area contributed by atoms with Crippen molar-refractivity contribution in [3.63, 3.8) is 0 Å². The van der Waals surface area contributed by atoms with E-state index in [1.165, 1.54) is 23.5 Å². The van der Waals surface area contributed by atoms with Gasteiger partial charge in [0.1, 0.15) is 0 Å². The van der Waals surface area contributed by atoms with Crippen LogP contribution in [-0.2, 0) is 9.59 Å². The number of hydrogen-bond donors (Lipinski definition) is 0. The first-order valence-electron chi connectivity index (χ1n) is 4.10. The predicted octanol–water partition coefficient (Wildman–Crippen LogP) is 1.19. The molecule has 2 heterocycles. The highest BCUT2D eigenvalue weighted by Gasteiger charge is 2.27. The van der Waals surface area contributed by atoms with Crippen LogP contribution in [0.4, 0.5) is 5.13 Å². The first-order chi connectivity index (χ1) is 6.59. The van der Waals surface area contributed by atoms with Gasteiger partial charge >= 0.3 is 0 Å². The molecular weight excluding hydrogens is 200 g/mol. The molecule has 1 aromatic heterocycles. The first kappa shape index (κ1) is 9.08. The third-order valence-corrected chi connectivity index (χ3v) is 3.08. The molecule has 0 atom stereocenters. The van der Waals surface area contributed by atoms with Crippen LogP contribution < -0.4 is 4.90 Å². The van der Waals surface area contributed by atoms with Crippen molar-refractivity contribution in [2.75, 3.05) is 4.90 Å². The number of carbonyl (C=O) groups is 2. The van der Waals surface area contributed by atoms with Gasteiger partial charge in [-0.1, -0.05) is 0 Å². The molecule has 5 heteroatoms. The zero-order chi connectivity index (χ0) is 10.3. The number of aryl methyl sites for hydroxylation is 2. The molecule has 0 unspecified atom stereocenters. The fourth-order valence-corrected chi connectivity index (χ4v) is 2.06. The van der Waals surface area contributed by atoms with Crippen molar-refractivity contribution < 1.29 is 9.59 Å². The molecule has 2 amide bonds. The van der Waals surface area contributed by atoms with Gasteiger partial charge in [-0.2, -0.15) is 0 Å². The van der Waals surface area contributed by atoms with Crippen LogP contribution >= 0.6 is 11.3 Å². The van der Waals surface area contributed by atoms with Gasteiger partial charge in [0.25, 0.3) is 11.8 Å². The van der Waals surface area contributed by atoms with Crippen LogP contribution in [0.2, 0.25) is 0 Å². The summed E-state index contributed by atoms with van der Waals surface area (Å²) in [5.41, 5.74) is 0.859. The van der Waals surface area contributed by atoms with E-state index in [1.807, 2.05) is 13.8 Å². The van der Waals surface area contributed by atoms with Gasteiger partial charge in [-0.25, -0.2) is 9.88 Å². The van der Waals surface area contributed by atoms with Crippen LogP contribution in [0.3, 0.4) is 0 Å². The predicted molar refractivity (Wildman–Crippen MR) is 53.2 cm³/mol. The third-order valence-electron chi connectivity index (χ3n) is 2.02. The van der Waals surface area contributed by atoms with Crippen LogP contribution in [0.15, 0.2) is 12.2 Å². The molecule has 2 rings (SSSR count). The summed E-state index contributed by atoms with van der Waals surface area (Å²) in [6.07, 6.45) is 2.52. The molecule has 0 spiro atoms. The Balaban J connectivity index is 2.41. The van der Waals surface area contributed by atoms with Gasteiger partial charge in [-0.3, -0.25) is 9.59 Å². The smallest absolute Gasteiger partial charge is 0.260 e. The average Bonchev–Trinajstić information content (AvgIpc) is 2.59. The molecule has 4 nitrogen and oxygen atoms in total. The van der Waals surface area contributed by atoms with E-state index in [0.717, 1.165) is 15.5 Å². The van der Waals surface area contributed by atoms with Gasteiger partial charge in [0.15, 0.2) is 5.13 Å². The maximum Gasteiger partial charge on any atom is 0.260 e. The summed E-state index contributed by atoms with van der Waals surface area (Å²) in [7, 11) is 0. The van der Waals surface area contributed by atoms with Crippen molar-refractivity contribution in [3.8, 4) is 0 Å². The second-order valence-corrected chi connectivity index (χ2v) is 4.16. The molecule has 0 radical (unpaired) electrons. The van der Waals surface area contributed by atoms with E-state index in [9.17, 15) is 9.59 Å². The number of amides is 2. The molecule has 0 aromatic carbocycles. The molecular formula is C9H8N2O2S. The highest BCUT2D eigenvalue weighted by molar-refractivity contribution is 7.16. The van der Waals surface area contributed by atoms with E-state index in [4.69, 9.17) is 0 Å². The summed E-state index contributed by atoms with van der Waals surface area (Å²) in [4.78, 5) is 28.8. The lowest BCUT2D eigenvalue weighted by molar-refractivity contribution is -0.119. The number of nitrogens with zero attached hydrogens (tertiary/aromatic N) is 2. The SMILES string of the molecule is Cc1nc(N2C(=O)C=CC2=O)sc1C. The zero-order valence-corrected chi connectivity index (χ0v) is 8.59. The van der Waals surface area contributed by atoms with Gasteiger partial charge in [0.05, 0.1) is 5.69 Å². The molecule has 0 saturated heterocycles. The normalized spacial score (nSPS) is 15.7. The zero-order valence-electron chi connectivity index (χ0n) is 7.77. The Morgan fingerprint density at radius 2 is 1.79 bits per heavy atom. The first-order valence-corrected chi connectivity index (χ1v) is 4.91. The summed E-state index contributed by atoms with van der Waals surface area (Å²) < 4.78 is 0. The highest BCUT2D eigenvalue weighted by atomic mass is 32.1. The standard InChI is InChI=1S/C9H8N2O2S/c1-5-6(2)14-9(10-5)11-7(12)3-4-8(11)13/h3-4H,1-2H3. The second-order valence-electron chi connectivity index (χ2n) is 2.98. The Labute approximate surface area is 84.9 Å². The Morgan fingerprint density at radius 1 is 1.21 bits per heavy atom. The topological polar surface area (TPSA) is 50.3 Å². The highest BCUT2D eigenvalue weighted by Crippen LogP contribution is 2.27. The van der Waals surface area contributed by atoms with Crippen LogP contribution in [-0.4, -0.2) is 16.8 Å². The van der Waals surface area contributed by atoms with Gasteiger partial charge in [-0.05, 0) is 13.8 Å². The van der Waals surface area contributed by atoms with Crippen LogP contribution in [0.1, 0.15) is 10.6 Å². The Morgan fingerprint density at radius 3 is 2.21 bits per heavy atom. The lowest BCUT2D eigenvalue weighted by atomic mass is 10.4. The van der Waals surface area contributed by atoms with Crippen molar-refractivity contribution in [2.45, 2.75) is 13.8 Å². The largest absolute Gasteiger partial charge is 0.269 e. The van der Waals surface area contributed by atoms with Crippen molar-refractivity contribution >= 4 is 28.3 Å². The molecule has 1 aliphatic heterocycles. The molecule has 72 valence electrons. The van der Waals surface area contributed by atoms with Gasteiger partial charge in [0, 0.05) is 17.0 Å². The van der Waals surface area contributed by atoms with E-state index in [0.29, 0.717) is 5.13 Å². The van der Waals surface area contributed by atoms with E-state index in [1.54, 1.807) is 0 Å². The maximum atomic E-state index is 11.3. The quantitative estimate of drug-likeness (QED) is 0.651. The average molecular weight is 208 g/mol. The lowest BCUT2D eigenvalue weighted by Gasteiger charge is -2.08. The minimum absolute atomic E-state index is 0.316. The van der Waals surface area contributed by atoms with Gasteiger partial charge < -0.3 is 0 Å². The molecule has 0 bridgehead atoms. The number of thiazole rings is 1. The van der Waals surface area contributed by atoms with E-state index >= 15 is 0 Å². The summed E-state index contributed by atoms with van der Waals surface area (Å²) in [6, 6.07) is 0. The summed E-state index contributed by atoms with van der Waals surface area (Å²) in [5, 5.41) is 0.458. The fourth-order valence-electron chi connectivity index (χ4n) is 1.14. The number of aromatic nitrogens is 1. The van der Waals surface area contributed by atoms with Crippen LogP contribution in [0, 0.1) is 13.8 Å². The number of hydrogen-bond acceptors (Lipinski definition) is 4. The van der Waals surface area contributed by atoms with Crippen molar-refractivity contribution in [3.05, 3.63) is 22.7 Å². The molecule has 0 aliphatic carbocycles. The molecule has 1 aromatic rings.